The Bertz CT molecular complexity index is 423. The van der Waals surface area contributed by atoms with Crippen LogP contribution in [0.1, 0.15) is 38.9 Å². The summed E-state index contributed by atoms with van der Waals surface area (Å²) in [6.45, 7) is 7.95. The Kier molecular flexibility index (Phi) is 5.52. The van der Waals surface area contributed by atoms with Crippen LogP contribution in [0.4, 0.5) is 0 Å². The van der Waals surface area contributed by atoms with Crippen LogP contribution in [0.5, 0.6) is 0 Å². The summed E-state index contributed by atoms with van der Waals surface area (Å²) < 4.78 is 1.91. The molecule has 1 fully saturated rings. The zero-order valence-corrected chi connectivity index (χ0v) is 12.5. The lowest BCUT2D eigenvalue weighted by atomic mass is 10.1. The minimum absolute atomic E-state index is 0.194. The number of nitrogens with zero attached hydrogens (tertiary/aromatic N) is 4. The molecule has 6 heteroatoms. The van der Waals surface area contributed by atoms with Crippen LogP contribution in [-0.2, 0) is 17.9 Å². The van der Waals surface area contributed by atoms with Gasteiger partial charge in [-0.05, 0) is 25.2 Å². The molecule has 1 N–H and O–H groups in total. The second kappa shape index (κ2) is 7.38. The Morgan fingerprint density at radius 3 is 2.80 bits per heavy atom. The number of carbonyl (C=O) groups excluding carboxylic acids is 1. The Labute approximate surface area is 120 Å². The minimum atomic E-state index is 0.194. The number of hydrogen-bond acceptors (Lipinski definition) is 4. The minimum Gasteiger partial charge on any atom is -0.342 e. The summed E-state index contributed by atoms with van der Waals surface area (Å²) in [5.74, 6) is 1.62. The Hall–Kier alpha value is -1.43. The van der Waals surface area contributed by atoms with Crippen molar-refractivity contribution in [3.05, 3.63) is 12.2 Å². The van der Waals surface area contributed by atoms with Gasteiger partial charge in [0.25, 0.3) is 0 Å². The number of likely N-dealkylation sites (tertiary alicyclic amines) is 1. The summed E-state index contributed by atoms with van der Waals surface area (Å²) in [6, 6.07) is 0. The molecule has 0 atom stereocenters. The fraction of sp³-hybridized carbons (Fsp3) is 0.786. The van der Waals surface area contributed by atoms with Gasteiger partial charge in [0, 0.05) is 19.6 Å². The molecule has 1 aliphatic rings. The Balaban J connectivity index is 1.75. The van der Waals surface area contributed by atoms with Gasteiger partial charge in [0.15, 0.2) is 0 Å². The first-order valence-corrected chi connectivity index (χ1v) is 7.52. The lowest BCUT2D eigenvalue weighted by Crippen LogP contribution is -2.41. The second-order valence-corrected chi connectivity index (χ2v) is 5.80. The largest absolute Gasteiger partial charge is 0.342 e. The molecule has 2 rings (SSSR count). The van der Waals surface area contributed by atoms with Crippen LogP contribution in [0.15, 0.2) is 6.33 Å². The van der Waals surface area contributed by atoms with E-state index >= 15 is 0 Å². The molecule has 0 unspecified atom stereocenters. The van der Waals surface area contributed by atoms with E-state index in [4.69, 9.17) is 0 Å². The van der Waals surface area contributed by atoms with Gasteiger partial charge in [0.2, 0.25) is 5.91 Å². The first-order valence-electron chi connectivity index (χ1n) is 7.52. The van der Waals surface area contributed by atoms with E-state index in [1.807, 2.05) is 9.58 Å². The fourth-order valence-electron chi connectivity index (χ4n) is 2.46. The van der Waals surface area contributed by atoms with Crippen LogP contribution in [0.2, 0.25) is 0 Å². The van der Waals surface area contributed by atoms with Crippen molar-refractivity contribution in [2.24, 2.45) is 5.92 Å². The summed E-state index contributed by atoms with van der Waals surface area (Å²) in [7, 11) is 0. The van der Waals surface area contributed by atoms with Gasteiger partial charge in [-0.2, -0.15) is 5.10 Å². The molecule has 1 aliphatic heterocycles. The molecule has 0 saturated carbocycles. The molecular formula is C14H25N5O. The van der Waals surface area contributed by atoms with Crippen molar-refractivity contribution >= 4 is 5.91 Å². The van der Waals surface area contributed by atoms with Gasteiger partial charge in [0.1, 0.15) is 12.2 Å². The maximum Gasteiger partial charge on any atom is 0.236 e. The van der Waals surface area contributed by atoms with E-state index in [0.29, 0.717) is 19.0 Å². The molecule has 20 heavy (non-hydrogen) atoms. The van der Waals surface area contributed by atoms with Crippen molar-refractivity contribution in [1.82, 2.24) is 25.0 Å². The summed E-state index contributed by atoms with van der Waals surface area (Å²) in [6.07, 6.45) is 5.09. The Morgan fingerprint density at radius 2 is 2.10 bits per heavy atom. The molecule has 0 aromatic carbocycles. The third kappa shape index (κ3) is 4.30. The van der Waals surface area contributed by atoms with E-state index in [9.17, 15) is 4.79 Å². The van der Waals surface area contributed by atoms with E-state index in [1.165, 1.54) is 6.42 Å². The standard InChI is InChI=1S/C14H25N5O/c1-12(2)10-19-13(16-11-17-19)8-15-9-14(20)18-6-4-3-5-7-18/h11-12,15H,3-10H2,1-2H3. The van der Waals surface area contributed by atoms with Crippen molar-refractivity contribution in [3.63, 3.8) is 0 Å². The maximum absolute atomic E-state index is 12.0. The number of nitrogens with one attached hydrogen (secondary N) is 1. The van der Waals surface area contributed by atoms with Gasteiger partial charge in [-0.15, -0.1) is 0 Å². The van der Waals surface area contributed by atoms with E-state index in [0.717, 1.165) is 38.3 Å². The first-order chi connectivity index (χ1) is 9.66. The first kappa shape index (κ1) is 15.0. The highest BCUT2D eigenvalue weighted by molar-refractivity contribution is 5.78. The van der Waals surface area contributed by atoms with Gasteiger partial charge >= 0.3 is 0 Å². The lowest BCUT2D eigenvalue weighted by Gasteiger charge is -2.26. The van der Waals surface area contributed by atoms with Crippen molar-refractivity contribution in [3.8, 4) is 0 Å². The van der Waals surface area contributed by atoms with Crippen molar-refractivity contribution < 1.29 is 4.79 Å². The quantitative estimate of drug-likeness (QED) is 0.845. The molecule has 0 spiro atoms. The zero-order chi connectivity index (χ0) is 14.4. The van der Waals surface area contributed by atoms with Gasteiger partial charge in [-0.25, -0.2) is 9.67 Å². The third-order valence-corrected chi connectivity index (χ3v) is 3.50. The second-order valence-electron chi connectivity index (χ2n) is 5.80. The monoisotopic (exact) mass is 279 g/mol. The SMILES string of the molecule is CC(C)Cn1ncnc1CNCC(=O)N1CCCCC1. The van der Waals surface area contributed by atoms with Gasteiger partial charge in [-0.1, -0.05) is 13.8 Å². The molecule has 1 amide bonds. The number of amides is 1. The molecule has 0 radical (unpaired) electrons. The summed E-state index contributed by atoms with van der Waals surface area (Å²) >= 11 is 0. The molecule has 0 aliphatic carbocycles. The average Bonchev–Trinajstić information content (AvgIpc) is 2.86. The Morgan fingerprint density at radius 1 is 1.35 bits per heavy atom. The van der Waals surface area contributed by atoms with Gasteiger partial charge in [0.05, 0.1) is 13.1 Å². The summed E-state index contributed by atoms with van der Waals surface area (Å²) in [4.78, 5) is 18.2. The van der Waals surface area contributed by atoms with Crippen molar-refractivity contribution in [1.29, 1.82) is 0 Å². The van der Waals surface area contributed by atoms with E-state index in [1.54, 1.807) is 6.33 Å². The molecule has 1 saturated heterocycles. The number of aromatic nitrogens is 3. The van der Waals surface area contributed by atoms with Crippen molar-refractivity contribution in [2.75, 3.05) is 19.6 Å². The van der Waals surface area contributed by atoms with Gasteiger partial charge < -0.3 is 10.2 Å². The highest BCUT2D eigenvalue weighted by Gasteiger charge is 2.16. The van der Waals surface area contributed by atoms with Crippen LogP contribution in [0.3, 0.4) is 0 Å². The van der Waals surface area contributed by atoms with Crippen LogP contribution in [0, 0.1) is 5.92 Å². The smallest absolute Gasteiger partial charge is 0.236 e. The van der Waals surface area contributed by atoms with E-state index in [-0.39, 0.29) is 5.91 Å². The predicted molar refractivity (Wildman–Crippen MR) is 77.0 cm³/mol. The number of carbonyl (C=O) groups is 1. The summed E-state index contributed by atoms with van der Waals surface area (Å²) in [5.41, 5.74) is 0. The van der Waals surface area contributed by atoms with Crippen LogP contribution < -0.4 is 5.32 Å². The van der Waals surface area contributed by atoms with Crippen LogP contribution >= 0.6 is 0 Å². The molecule has 2 heterocycles. The number of piperidine rings is 1. The van der Waals surface area contributed by atoms with Gasteiger partial charge in [-0.3, -0.25) is 4.79 Å². The van der Waals surface area contributed by atoms with Crippen LogP contribution in [-0.4, -0.2) is 45.2 Å². The molecule has 6 nitrogen and oxygen atoms in total. The molecule has 0 bridgehead atoms. The van der Waals surface area contributed by atoms with E-state index in [2.05, 4.69) is 29.2 Å². The fourth-order valence-corrected chi connectivity index (χ4v) is 2.46. The lowest BCUT2D eigenvalue weighted by molar-refractivity contribution is -0.131. The number of hydrogen-bond donors (Lipinski definition) is 1. The predicted octanol–water partition coefficient (Wildman–Crippen LogP) is 1.04. The highest BCUT2D eigenvalue weighted by atomic mass is 16.2. The van der Waals surface area contributed by atoms with Crippen LogP contribution in [0.25, 0.3) is 0 Å². The zero-order valence-electron chi connectivity index (χ0n) is 12.5. The highest BCUT2D eigenvalue weighted by Crippen LogP contribution is 2.08. The average molecular weight is 279 g/mol. The normalized spacial score (nSPS) is 15.8. The topological polar surface area (TPSA) is 63.1 Å². The number of rotatable bonds is 6. The molecular weight excluding hydrogens is 254 g/mol. The molecule has 1 aromatic heterocycles. The maximum atomic E-state index is 12.0. The molecule has 112 valence electrons. The van der Waals surface area contributed by atoms with E-state index < -0.39 is 0 Å². The van der Waals surface area contributed by atoms with Crippen molar-refractivity contribution in [2.45, 2.75) is 46.2 Å². The summed E-state index contributed by atoms with van der Waals surface area (Å²) in [5, 5.41) is 7.40. The molecule has 1 aromatic rings. The third-order valence-electron chi connectivity index (χ3n) is 3.50.